The van der Waals surface area contributed by atoms with Crippen molar-refractivity contribution in [3.63, 3.8) is 0 Å². The summed E-state index contributed by atoms with van der Waals surface area (Å²) in [5.41, 5.74) is 1.08. The Morgan fingerprint density at radius 1 is 0.833 bits per heavy atom. The van der Waals surface area contributed by atoms with Crippen LogP contribution in [0.2, 0.25) is 0 Å². The molecular formula is C17H23BrN4O2. The van der Waals surface area contributed by atoms with Gasteiger partial charge in [0.1, 0.15) is 6.17 Å². The van der Waals surface area contributed by atoms with E-state index in [1.54, 1.807) is 33.7 Å². The zero-order valence-electron chi connectivity index (χ0n) is 14.6. The van der Waals surface area contributed by atoms with Crippen molar-refractivity contribution in [3.8, 4) is 0 Å². The molecule has 7 heteroatoms. The van der Waals surface area contributed by atoms with Gasteiger partial charge in [0.25, 0.3) is 0 Å². The Morgan fingerprint density at radius 2 is 1.33 bits per heavy atom. The second kappa shape index (κ2) is 5.95. The molecule has 2 saturated heterocycles. The van der Waals surface area contributed by atoms with Crippen molar-refractivity contribution in [1.29, 1.82) is 0 Å². The highest BCUT2D eigenvalue weighted by Gasteiger charge is 2.53. The zero-order chi connectivity index (χ0) is 17.8. The van der Waals surface area contributed by atoms with Crippen molar-refractivity contribution in [1.82, 2.24) is 19.6 Å². The van der Waals surface area contributed by atoms with Gasteiger partial charge in [-0.25, -0.2) is 9.59 Å². The molecule has 1 aromatic rings. The Bertz CT molecular complexity index is 661. The van der Waals surface area contributed by atoms with Gasteiger partial charge < -0.3 is 19.6 Å². The molecule has 24 heavy (non-hydrogen) atoms. The van der Waals surface area contributed by atoms with Gasteiger partial charge in [-0.1, -0.05) is 28.1 Å². The Kier molecular flexibility index (Phi) is 4.23. The summed E-state index contributed by atoms with van der Waals surface area (Å²) in [5, 5.41) is 0. The summed E-state index contributed by atoms with van der Waals surface area (Å²) < 4.78 is 1.01. The molecule has 0 aromatic heterocycles. The van der Waals surface area contributed by atoms with E-state index in [0.717, 1.165) is 10.0 Å². The normalized spacial score (nSPS) is 30.8. The third-order valence-electron chi connectivity index (χ3n) is 5.51. The lowest BCUT2D eigenvalue weighted by atomic mass is 9.80. The van der Waals surface area contributed by atoms with E-state index in [9.17, 15) is 9.59 Å². The summed E-state index contributed by atoms with van der Waals surface area (Å²) in [6, 6.07) is 7.89. The summed E-state index contributed by atoms with van der Waals surface area (Å²) in [6.45, 7) is 2.06. The molecule has 0 unspecified atom stereocenters. The molecule has 0 spiro atoms. The third-order valence-corrected chi connectivity index (χ3v) is 6.03. The van der Waals surface area contributed by atoms with Crippen molar-refractivity contribution in [3.05, 3.63) is 34.3 Å². The smallest absolute Gasteiger partial charge is 0.321 e. The van der Waals surface area contributed by atoms with Crippen molar-refractivity contribution in [2.24, 2.45) is 5.92 Å². The number of nitrogens with zero attached hydrogens (tertiary/aromatic N) is 4. The fourth-order valence-corrected chi connectivity index (χ4v) is 4.36. The fourth-order valence-electron chi connectivity index (χ4n) is 4.09. The second-order valence-electron chi connectivity index (χ2n) is 6.74. The summed E-state index contributed by atoms with van der Waals surface area (Å²) in [7, 11) is 7.21. The predicted octanol–water partition coefficient (Wildman–Crippen LogP) is 2.82. The van der Waals surface area contributed by atoms with E-state index < -0.39 is 0 Å². The van der Waals surface area contributed by atoms with E-state index >= 15 is 0 Å². The minimum Gasteiger partial charge on any atom is -0.324 e. The number of fused-ring (bicyclic) bond motifs is 1. The first-order chi connectivity index (χ1) is 11.3. The number of benzene rings is 1. The lowest BCUT2D eigenvalue weighted by molar-refractivity contribution is -0.0652. The number of carbonyl (C=O) groups is 2. The van der Waals surface area contributed by atoms with E-state index in [-0.39, 0.29) is 36.2 Å². The summed E-state index contributed by atoms with van der Waals surface area (Å²) in [5.74, 6) is 0.0894. The van der Waals surface area contributed by atoms with E-state index in [0.29, 0.717) is 0 Å². The Morgan fingerprint density at radius 3 is 1.88 bits per heavy atom. The number of hydrogen-bond acceptors (Lipinski definition) is 2. The van der Waals surface area contributed by atoms with E-state index in [4.69, 9.17) is 0 Å². The van der Waals surface area contributed by atoms with Crippen LogP contribution in [0, 0.1) is 5.92 Å². The average molecular weight is 395 g/mol. The minimum absolute atomic E-state index is 0.0188. The molecular weight excluding hydrogens is 372 g/mol. The van der Waals surface area contributed by atoms with Crippen LogP contribution in [-0.4, -0.2) is 72.1 Å². The van der Waals surface area contributed by atoms with Gasteiger partial charge in [0, 0.05) is 44.6 Å². The molecule has 4 atom stereocenters. The SMILES string of the molecule is C[C@H]1[C@@H]2[C@H](N(C)C(=O)N1C)N(C)C(=O)N(C)[C@H]2c1ccc(Br)cc1. The van der Waals surface area contributed by atoms with Crippen LogP contribution in [0.5, 0.6) is 0 Å². The van der Waals surface area contributed by atoms with E-state index in [2.05, 4.69) is 22.9 Å². The van der Waals surface area contributed by atoms with Gasteiger partial charge in [0.05, 0.1) is 6.04 Å². The third kappa shape index (κ3) is 2.37. The van der Waals surface area contributed by atoms with Crippen LogP contribution in [0.15, 0.2) is 28.7 Å². The molecule has 2 aliphatic rings. The van der Waals surface area contributed by atoms with Crippen LogP contribution in [-0.2, 0) is 0 Å². The summed E-state index contributed by atoms with van der Waals surface area (Å²) in [6.07, 6.45) is -0.249. The molecule has 0 aliphatic carbocycles. The van der Waals surface area contributed by atoms with Gasteiger partial charge in [-0.15, -0.1) is 0 Å². The average Bonchev–Trinajstić information content (AvgIpc) is 2.57. The lowest BCUT2D eigenvalue weighted by Gasteiger charge is -2.57. The van der Waals surface area contributed by atoms with Gasteiger partial charge in [0.2, 0.25) is 0 Å². The largest absolute Gasteiger partial charge is 0.324 e. The lowest BCUT2D eigenvalue weighted by Crippen LogP contribution is -2.71. The van der Waals surface area contributed by atoms with Crippen LogP contribution >= 0.6 is 15.9 Å². The first-order valence-corrected chi connectivity index (χ1v) is 8.79. The highest BCUT2D eigenvalue weighted by Crippen LogP contribution is 2.43. The number of rotatable bonds is 1. The van der Waals surface area contributed by atoms with Crippen LogP contribution in [0.4, 0.5) is 9.59 Å². The predicted molar refractivity (Wildman–Crippen MR) is 95.5 cm³/mol. The van der Waals surface area contributed by atoms with Crippen molar-refractivity contribution in [2.45, 2.75) is 25.2 Å². The van der Waals surface area contributed by atoms with Crippen LogP contribution in [0.1, 0.15) is 18.5 Å². The molecule has 0 saturated carbocycles. The number of halogens is 1. The van der Waals surface area contributed by atoms with Crippen LogP contribution in [0.3, 0.4) is 0 Å². The van der Waals surface area contributed by atoms with Gasteiger partial charge in [-0.2, -0.15) is 0 Å². The van der Waals surface area contributed by atoms with Gasteiger partial charge in [-0.05, 0) is 24.6 Å². The zero-order valence-corrected chi connectivity index (χ0v) is 16.2. The maximum Gasteiger partial charge on any atom is 0.321 e. The molecule has 1 aromatic carbocycles. The summed E-state index contributed by atoms with van der Waals surface area (Å²) in [4.78, 5) is 32.2. The van der Waals surface area contributed by atoms with E-state index in [1.807, 2.05) is 38.4 Å². The monoisotopic (exact) mass is 394 g/mol. The standard InChI is InChI=1S/C17H23BrN4O2/c1-10-13-14(11-6-8-12(18)9-7-11)20(3)17(24)22(5)15(13)21(4)16(23)19(10)2/h6-10,13-15H,1-5H3/t10-,13-,14-,15+/m0/s1. The first-order valence-electron chi connectivity index (χ1n) is 8.00. The molecule has 4 amide bonds. The molecule has 2 aliphatic heterocycles. The highest BCUT2D eigenvalue weighted by atomic mass is 79.9. The number of hydrogen-bond donors (Lipinski definition) is 0. The molecule has 3 rings (SSSR count). The minimum atomic E-state index is -0.249. The first kappa shape index (κ1) is 17.1. The molecule has 130 valence electrons. The maximum atomic E-state index is 12.8. The number of carbonyl (C=O) groups excluding carboxylic acids is 2. The Hall–Kier alpha value is -1.76. The summed E-state index contributed by atoms with van der Waals surface area (Å²) >= 11 is 3.46. The second-order valence-corrected chi connectivity index (χ2v) is 7.65. The molecule has 0 radical (unpaired) electrons. The molecule has 6 nitrogen and oxygen atoms in total. The maximum absolute atomic E-state index is 12.8. The Balaban J connectivity index is 2.11. The number of urea groups is 2. The van der Waals surface area contributed by atoms with Crippen LogP contribution in [0.25, 0.3) is 0 Å². The molecule has 0 N–H and O–H groups in total. The molecule has 0 bridgehead atoms. The van der Waals surface area contributed by atoms with Gasteiger partial charge in [-0.3, -0.25) is 0 Å². The fraction of sp³-hybridized carbons (Fsp3) is 0.529. The van der Waals surface area contributed by atoms with Gasteiger partial charge in [0.15, 0.2) is 0 Å². The van der Waals surface area contributed by atoms with Crippen LogP contribution < -0.4 is 0 Å². The van der Waals surface area contributed by atoms with E-state index in [1.165, 1.54) is 0 Å². The van der Waals surface area contributed by atoms with Gasteiger partial charge >= 0.3 is 12.1 Å². The highest BCUT2D eigenvalue weighted by molar-refractivity contribution is 9.10. The topological polar surface area (TPSA) is 47.1 Å². The molecule has 2 fully saturated rings. The van der Waals surface area contributed by atoms with Crippen molar-refractivity contribution >= 4 is 28.0 Å². The van der Waals surface area contributed by atoms with Crippen molar-refractivity contribution in [2.75, 3.05) is 28.2 Å². The van der Waals surface area contributed by atoms with Crippen molar-refractivity contribution < 1.29 is 9.59 Å². The molecule has 2 heterocycles. The quantitative estimate of drug-likeness (QED) is 0.734. The Labute approximate surface area is 151 Å². The number of amides is 4.